The molecular formula is C22H19BrClNO3. The number of hydrogen-bond acceptors (Lipinski definition) is 3. The van der Waals surface area contributed by atoms with Crippen LogP contribution < -0.4 is 9.64 Å². The normalized spacial score (nSPS) is 19.7. The van der Waals surface area contributed by atoms with Crippen LogP contribution in [0.3, 0.4) is 0 Å². The highest BCUT2D eigenvalue weighted by atomic mass is 79.9. The molecule has 1 atom stereocenters. The van der Waals surface area contributed by atoms with Gasteiger partial charge in [0.15, 0.2) is 5.78 Å². The Morgan fingerprint density at radius 3 is 2.54 bits per heavy atom. The van der Waals surface area contributed by atoms with Crippen LogP contribution in [0.1, 0.15) is 37.2 Å². The lowest BCUT2D eigenvalue weighted by atomic mass is 9.77. The summed E-state index contributed by atoms with van der Waals surface area (Å²) in [6, 6.07) is 13.1. The lowest BCUT2D eigenvalue weighted by molar-refractivity contribution is -0.119. The quantitative estimate of drug-likeness (QED) is 0.595. The van der Waals surface area contributed by atoms with E-state index in [4.69, 9.17) is 16.3 Å². The summed E-state index contributed by atoms with van der Waals surface area (Å²) >= 11 is 9.84. The lowest BCUT2D eigenvalue weighted by Crippen LogP contribution is -2.40. The first-order valence-electron chi connectivity index (χ1n) is 9.18. The number of amides is 1. The van der Waals surface area contributed by atoms with Gasteiger partial charge in [0, 0.05) is 34.5 Å². The zero-order valence-corrected chi connectivity index (χ0v) is 17.7. The number of methoxy groups -OCH3 is 1. The van der Waals surface area contributed by atoms with Crippen LogP contribution in [-0.2, 0) is 9.59 Å². The van der Waals surface area contributed by atoms with Gasteiger partial charge in [-0.15, -0.1) is 0 Å². The van der Waals surface area contributed by atoms with E-state index in [1.54, 1.807) is 18.1 Å². The average Bonchev–Trinajstić information content (AvgIpc) is 2.68. The van der Waals surface area contributed by atoms with Gasteiger partial charge in [-0.3, -0.25) is 14.5 Å². The van der Waals surface area contributed by atoms with Crippen LogP contribution >= 0.6 is 27.5 Å². The van der Waals surface area contributed by atoms with E-state index in [1.807, 2.05) is 36.4 Å². The van der Waals surface area contributed by atoms with Crippen molar-refractivity contribution in [2.75, 3.05) is 12.0 Å². The molecule has 0 saturated carbocycles. The van der Waals surface area contributed by atoms with Crippen LogP contribution in [0.5, 0.6) is 5.75 Å². The molecule has 4 rings (SSSR count). The maximum atomic E-state index is 13.2. The summed E-state index contributed by atoms with van der Waals surface area (Å²) < 4.78 is 6.07. The summed E-state index contributed by atoms with van der Waals surface area (Å²) in [5.74, 6) is 0.594. The van der Waals surface area contributed by atoms with Crippen molar-refractivity contribution in [3.63, 3.8) is 0 Å². The molecule has 1 heterocycles. The molecule has 0 N–H and O–H groups in total. The van der Waals surface area contributed by atoms with Gasteiger partial charge in [0.25, 0.3) is 0 Å². The minimum absolute atomic E-state index is 0.0431. The fraction of sp³-hybridized carbons (Fsp3) is 0.273. The van der Waals surface area contributed by atoms with Crippen molar-refractivity contribution in [2.45, 2.75) is 31.6 Å². The van der Waals surface area contributed by atoms with E-state index in [0.717, 1.165) is 33.5 Å². The third-order valence-corrected chi connectivity index (χ3v) is 6.14. The first-order valence-corrected chi connectivity index (χ1v) is 10.3. The number of benzene rings is 2. The summed E-state index contributed by atoms with van der Waals surface area (Å²) in [5.41, 5.74) is 3.12. The minimum Gasteiger partial charge on any atom is -0.497 e. The summed E-state index contributed by atoms with van der Waals surface area (Å²) in [6.45, 7) is 0. The maximum Gasteiger partial charge on any atom is 0.232 e. The van der Waals surface area contributed by atoms with Gasteiger partial charge >= 0.3 is 0 Å². The standard InChI is InChI=1S/C22H19BrClNO3/c1-28-15-8-5-13(6-9-15)16-12-21(27)25(18-10-7-14(23)11-17(18)24)19-3-2-4-20(26)22(16)19/h5-11,16H,2-4,12H2,1H3. The van der Waals surface area contributed by atoms with Crippen LogP contribution in [0.25, 0.3) is 0 Å². The second-order valence-electron chi connectivity index (χ2n) is 6.99. The monoisotopic (exact) mass is 459 g/mol. The van der Waals surface area contributed by atoms with Crippen molar-refractivity contribution in [1.29, 1.82) is 0 Å². The smallest absolute Gasteiger partial charge is 0.232 e. The molecule has 2 aromatic carbocycles. The first kappa shape index (κ1) is 19.2. The van der Waals surface area contributed by atoms with Crippen LogP contribution in [0, 0.1) is 0 Å². The molecule has 0 spiro atoms. The van der Waals surface area contributed by atoms with Crippen molar-refractivity contribution >= 4 is 44.9 Å². The molecule has 1 amide bonds. The van der Waals surface area contributed by atoms with Gasteiger partial charge in [-0.1, -0.05) is 39.7 Å². The third-order valence-electron chi connectivity index (χ3n) is 5.34. The molecular weight excluding hydrogens is 442 g/mol. The predicted molar refractivity (Wildman–Crippen MR) is 113 cm³/mol. The second-order valence-corrected chi connectivity index (χ2v) is 8.31. The Bertz CT molecular complexity index is 984. The Labute approximate surface area is 177 Å². The number of hydrogen-bond donors (Lipinski definition) is 0. The number of ether oxygens (including phenoxy) is 1. The Balaban J connectivity index is 1.84. The SMILES string of the molecule is COc1ccc(C2CC(=O)N(c3ccc(Br)cc3Cl)C3=C2C(=O)CCC3)cc1. The molecule has 2 aliphatic rings. The largest absolute Gasteiger partial charge is 0.497 e. The molecule has 1 aliphatic carbocycles. The van der Waals surface area contributed by atoms with Gasteiger partial charge in [-0.25, -0.2) is 0 Å². The van der Waals surface area contributed by atoms with E-state index in [0.29, 0.717) is 23.6 Å². The van der Waals surface area contributed by atoms with Crippen LogP contribution in [0.15, 0.2) is 58.2 Å². The van der Waals surface area contributed by atoms with Crippen molar-refractivity contribution < 1.29 is 14.3 Å². The number of nitrogens with zero attached hydrogens (tertiary/aromatic N) is 1. The summed E-state index contributed by atoms with van der Waals surface area (Å²) in [7, 11) is 1.62. The number of allylic oxidation sites excluding steroid dienone is 2. The number of carbonyl (C=O) groups is 2. The minimum atomic E-state index is -0.230. The lowest BCUT2D eigenvalue weighted by Gasteiger charge is -2.38. The van der Waals surface area contributed by atoms with Gasteiger partial charge < -0.3 is 4.74 Å². The van der Waals surface area contributed by atoms with E-state index in [2.05, 4.69) is 15.9 Å². The Morgan fingerprint density at radius 2 is 1.86 bits per heavy atom. The van der Waals surface area contributed by atoms with Gasteiger partial charge in [0.2, 0.25) is 5.91 Å². The van der Waals surface area contributed by atoms with Gasteiger partial charge in [0.05, 0.1) is 17.8 Å². The molecule has 2 aromatic rings. The van der Waals surface area contributed by atoms with Crippen LogP contribution in [0.2, 0.25) is 5.02 Å². The molecule has 28 heavy (non-hydrogen) atoms. The van der Waals surface area contributed by atoms with Crippen molar-refractivity contribution in [2.24, 2.45) is 0 Å². The molecule has 0 saturated heterocycles. The first-order chi connectivity index (χ1) is 13.5. The molecule has 0 aromatic heterocycles. The van der Waals surface area contributed by atoms with Gasteiger partial charge in [-0.2, -0.15) is 0 Å². The fourth-order valence-corrected chi connectivity index (χ4v) is 4.81. The highest BCUT2D eigenvalue weighted by Crippen LogP contribution is 2.45. The zero-order chi connectivity index (χ0) is 19.8. The van der Waals surface area contributed by atoms with Crippen LogP contribution in [0.4, 0.5) is 5.69 Å². The van der Waals surface area contributed by atoms with E-state index in [-0.39, 0.29) is 24.0 Å². The highest BCUT2D eigenvalue weighted by Gasteiger charge is 2.40. The Kier molecular flexibility index (Phi) is 5.30. The maximum absolute atomic E-state index is 13.2. The topological polar surface area (TPSA) is 46.6 Å². The number of rotatable bonds is 3. The molecule has 1 aliphatic heterocycles. The van der Waals surface area contributed by atoms with Gasteiger partial charge in [-0.05, 0) is 48.7 Å². The summed E-state index contributed by atoms with van der Waals surface area (Å²) in [4.78, 5) is 27.7. The number of carbonyl (C=O) groups excluding carboxylic acids is 2. The zero-order valence-electron chi connectivity index (χ0n) is 15.4. The van der Waals surface area contributed by atoms with Crippen molar-refractivity contribution in [3.05, 3.63) is 68.8 Å². The average molecular weight is 461 g/mol. The number of Topliss-reactive ketones (excluding diaryl/α,β-unsaturated/α-hetero) is 1. The van der Waals surface area contributed by atoms with Crippen LogP contribution in [-0.4, -0.2) is 18.8 Å². The summed E-state index contributed by atoms with van der Waals surface area (Å²) in [5, 5.41) is 0.482. The highest BCUT2D eigenvalue weighted by molar-refractivity contribution is 9.10. The molecule has 6 heteroatoms. The number of halogens is 2. The molecule has 1 unspecified atom stereocenters. The number of anilines is 1. The second kappa shape index (κ2) is 7.72. The summed E-state index contributed by atoms with van der Waals surface area (Å²) in [6.07, 6.45) is 2.18. The van der Waals surface area contributed by atoms with E-state index < -0.39 is 0 Å². The van der Waals surface area contributed by atoms with E-state index >= 15 is 0 Å². The number of ketones is 1. The Hall–Kier alpha value is -2.11. The molecule has 144 valence electrons. The Morgan fingerprint density at radius 1 is 1.11 bits per heavy atom. The van der Waals surface area contributed by atoms with Crippen molar-refractivity contribution in [1.82, 2.24) is 0 Å². The van der Waals surface area contributed by atoms with Gasteiger partial charge in [0.1, 0.15) is 5.75 Å². The molecule has 0 fully saturated rings. The van der Waals surface area contributed by atoms with E-state index in [1.165, 1.54) is 0 Å². The molecule has 0 radical (unpaired) electrons. The fourth-order valence-electron chi connectivity index (χ4n) is 4.06. The molecule has 0 bridgehead atoms. The molecule has 4 nitrogen and oxygen atoms in total. The predicted octanol–water partition coefficient (Wildman–Crippen LogP) is 5.64. The van der Waals surface area contributed by atoms with Crippen molar-refractivity contribution in [3.8, 4) is 5.75 Å². The van der Waals surface area contributed by atoms with E-state index in [9.17, 15) is 9.59 Å². The third kappa shape index (κ3) is 3.38.